The van der Waals surface area contributed by atoms with E-state index in [-0.39, 0.29) is 11.5 Å². The number of carbonyl (C=O) groups excluding carboxylic acids is 3. The van der Waals surface area contributed by atoms with Crippen molar-refractivity contribution in [2.75, 3.05) is 13.7 Å². The normalized spacial score (nSPS) is 9.58. The molecule has 19 heavy (non-hydrogen) atoms. The first kappa shape index (κ1) is 15.0. The molecule has 7 nitrogen and oxygen atoms in total. The highest BCUT2D eigenvalue weighted by molar-refractivity contribution is 9.10. The number of imide groups is 1. The first-order valence-corrected chi connectivity index (χ1v) is 5.82. The van der Waals surface area contributed by atoms with Gasteiger partial charge in [-0.3, -0.25) is 14.9 Å². The summed E-state index contributed by atoms with van der Waals surface area (Å²) in [5, 5.41) is 1.86. The van der Waals surface area contributed by atoms with Crippen LogP contribution in [-0.2, 0) is 4.79 Å². The van der Waals surface area contributed by atoms with Gasteiger partial charge in [-0.25, -0.2) is 4.79 Å². The van der Waals surface area contributed by atoms with Crippen LogP contribution in [0.5, 0.6) is 11.5 Å². The van der Waals surface area contributed by atoms with Gasteiger partial charge >= 0.3 is 6.03 Å². The first-order valence-electron chi connectivity index (χ1n) is 5.02. The molecule has 102 valence electrons. The topological polar surface area (TPSA) is 108 Å². The third kappa shape index (κ3) is 4.25. The van der Waals surface area contributed by atoms with E-state index in [1.807, 2.05) is 5.32 Å². The average molecular weight is 331 g/mol. The largest absolute Gasteiger partial charge is 0.493 e. The maximum absolute atomic E-state index is 11.2. The Labute approximate surface area is 117 Å². The summed E-state index contributed by atoms with van der Waals surface area (Å²) in [5.41, 5.74) is 5.17. The van der Waals surface area contributed by atoms with Crippen LogP contribution in [0.2, 0.25) is 0 Å². The number of rotatable bonds is 5. The van der Waals surface area contributed by atoms with Gasteiger partial charge in [-0.1, -0.05) is 0 Å². The van der Waals surface area contributed by atoms with Crippen molar-refractivity contribution in [1.29, 1.82) is 0 Å². The number of methoxy groups -OCH3 is 1. The van der Waals surface area contributed by atoms with Gasteiger partial charge in [0, 0.05) is 5.56 Å². The predicted molar refractivity (Wildman–Crippen MR) is 69.3 cm³/mol. The Bertz CT molecular complexity index is 518. The lowest BCUT2D eigenvalue weighted by atomic mass is 10.2. The summed E-state index contributed by atoms with van der Waals surface area (Å²) in [6.45, 7) is -0.418. The van der Waals surface area contributed by atoms with Crippen molar-refractivity contribution in [2.45, 2.75) is 0 Å². The van der Waals surface area contributed by atoms with Gasteiger partial charge in [0.1, 0.15) is 6.29 Å². The lowest BCUT2D eigenvalue weighted by molar-refractivity contribution is -0.121. The number of nitrogens with one attached hydrogen (secondary N) is 1. The lowest BCUT2D eigenvalue weighted by Crippen LogP contribution is -2.38. The number of urea groups is 1. The van der Waals surface area contributed by atoms with Crippen molar-refractivity contribution >= 4 is 34.2 Å². The minimum absolute atomic E-state index is 0.243. The molecular formula is C11H11BrN2O5. The molecule has 0 unspecified atom stereocenters. The molecule has 0 saturated carbocycles. The fourth-order valence-corrected chi connectivity index (χ4v) is 1.83. The van der Waals surface area contributed by atoms with Crippen molar-refractivity contribution < 1.29 is 23.9 Å². The lowest BCUT2D eigenvalue weighted by Gasteiger charge is -2.12. The van der Waals surface area contributed by atoms with E-state index in [4.69, 9.17) is 15.2 Å². The maximum Gasteiger partial charge on any atom is 0.318 e. The molecule has 3 amide bonds. The number of primary amides is 1. The molecule has 1 aromatic carbocycles. The Morgan fingerprint density at radius 1 is 1.47 bits per heavy atom. The second-order valence-electron chi connectivity index (χ2n) is 3.35. The van der Waals surface area contributed by atoms with Crippen LogP contribution in [0.15, 0.2) is 16.6 Å². The van der Waals surface area contributed by atoms with Gasteiger partial charge in [-0.2, -0.15) is 0 Å². The molecule has 0 aromatic heterocycles. The Morgan fingerprint density at radius 2 is 2.16 bits per heavy atom. The van der Waals surface area contributed by atoms with Crippen molar-refractivity contribution in [3.8, 4) is 11.5 Å². The van der Waals surface area contributed by atoms with Crippen LogP contribution in [0.4, 0.5) is 4.79 Å². The second-order valence-corrected chi connectivity index (χ2v) is 4.21. The number of aldehydes is 1. The molecule has 0 aliphatic carbocycles. The molecule has 0 heterocycles. The summed E-state index contributed by atoms with van der Waals surface area (Å²) >= 11 is 3.19. The molecule has 0 aliphatic rings. The van der Waals surface area contributed by atoms with Gasteiger partial charge in [0.15, 0.2) is 18.1 Å². The molecule has 3 N–H and O–H groups in total. The van der Waals surface area contributed by atoms with Crippen LogP contribution in [0, 0.1) is 0 Å². The number of carbonyl (C=O) groups is 3. The van der Waals surface area contributed by atoms with Gasteiger partial charge in [0.25, 0.3) is 5.91 Å². The smallest absolute Gasteiger partial charge is 0.318 e. The Balaban J connectivity index is 2.85. The van der Waals surface area contributed by atoms with Crippen molar-refractivity contribution in [1.82, 2.24) is 5.32 Å². The van der Waals surface area contributed by atoms with Crippen molar-refractivity contribution in [2.24, 2.45) is 5.73 Å². The van der Waals surface area contributed by atoms with E-state index in [2.05, 4.69) is 15.9 Å². The van der Waals surface area contributed by atoms with Crippen LogP contribution < -0.4 is 20.5 Å². The molecule has 0 bridgehead atoms. The molecule has 1 aromatic rings. The highest BCUT2D eigenvalue weighted by Gasteiger charge is 2.13. The number of ether oxygens (including phenoxy) is 2. The van der Waals surface area contributed by atoms with Gasteiger partial charge in [-0.05, 0) is 28.1 Å². The summed E-state index contributed by atoms with van der Waals surface area (Å²) in [6, 6.07) is 2.01. The number of hydrogen-bond acceptors (Lipinski definition) is 5. The third-order valence-corrected chi connectivity index (χ3v) is 2.59. The standard InChI is InChI=1S/C11H11BrN2O5/c1-18-8-3-6(4-15)2-7(12)10(8)19-5-9(16)14-11(13)17/h2-4H,5H2,1H3,(H3,13,14,16,17). The van der Waals surface area contributed by atoms with Crippen molar-refractivity contribution in [3.05, 3.63) is 22.2 Å². The number of halogens is 1. The van der Waals surface area contributed by atoms with Crippen LogP contribution >= 0.6 is 15.9 Å². The molecule has 1 rings (SSSR count). The van der Waals surface area contributed by atoms with Crippen LogP contribution in [0.1, 0.15) is 10.4 Å². The zero-order chi connectivity index (χ0) is 14.4. The zero-order valence-corrected chi connectivity index (χ0v) is 11.5. The van der Waals surface area contributed by atoms with E-state index in [1.165, 1.54) is 19.2 Å². The van der Waals surface area contributed by atoms with Gasteiger partial charge in [0.2, 0.25) is 0 Å². The van der Waals surface area contributed by atoms with Crippen LogP contribution in [-0.4, -0.2) is 31.9 Å². The zero-order valence-electron chi connectivity index (χ0n) is 9.94. The van der Waals surface area contributed by atoms with Gasteiger partial charge < -0.3 is 15.2 Å². The van der Waals surface area contributed by atoms with E-state index in [0.717, 1.165) is 0 Å². The van der Waals surface area contributed by atoms with E-state index < -0.39 is 18.5 Å². The Hall–Kier alpha value is -2.09. The van der Waals surface area contributed by atoms with Crippen molar-refractivity contribution in [3.63, 3.8) is 0 Å². The molecule has 0 aliphatic heterocycles. The Morgan fingerprint density at radius 3 is 2.68 bits per heavy atom. The average Bonchev–Trinajstić information content (AvgIpc) is 2.35. The maximum atomic E-state index is 11.2. The fraction of sp³-hybridized carbons (Fsp3) is 0.182. The van der Waals surface area contributed by atoms with E-state index in [9.17, 15) is 14.4 Å². The second kappa shape index (κ2) is 6.74. The predicted octanol–water partition coefficient (Wildman–Crippen LogP) is 0.844. The third-order valence-electron chi connectivity index (χ3n) is 2.00. The molecule has 8 heteroatoms. The summed E-state index contributed by atoms with van der Waals surface area (Å²) < 4.78 is 10.7. The summed E-state index contributed by atoms with van der Waals surface area (Å²) in [6.07, 6.45) is 0.650. The molecular weight excluding hydrogens is 320 g/mol. The Kier molecular flexibility index (Phi) is 5.31. The van der Waals surface area contributed by atoms with Crippen LogP contribution in [0.25, 0.3) is 0 Å². The number of amides is 3. The van der Waals surface area contributed by atoms with Crippen LogP contribution in [0.3, 0.4) is 0 Å². The number of hydrogen-bond donors (Lipinski definition) is 2. The number of nitrogens with two attached hydrogens (primary N) is 1. The SMILES string of the molecule is COc1cc(C=O)cc(Br)c1OCC(=O)NC(N)=O. The van der Waals surface area contributed by atoms with E-state index in [1.54, 1.807) is 0 Å². The summed E-state index contributed by atoms with van der Waals surface area (Å²) in [5.74, 6) is -0.169. The summed E-state index contributed by atoms with van der Waals surface area (Å²) in [7, 11) is 1.40. The monoisotopic (exact) mass is 330 g/mol. The molecule has 0 spiro atoms. The molecule has 0 atom stereocenters. The van der Waals surface area contributed by atoms with E-state index in [0.29, 0.717) is 16.3 Å². The first-order chi connectivity index (χ1) is 8.97. The fourth-order valence-electron chi connectivity index (χ4n) is 1.26. The minimum atomic E-state index is -0.962. The minimum Gasteiger partial charge on any atom is -0.493 e. The quantitative estimate of drug-likeness (QED) is 0.778. The highest BCUT2D eigenvalue weighted by atomic mass is 79.9. The number of benzene rings is 1. The van der Waals surface area contributed by atoms with Gasteiger partial charge in [-0.15, -0.1) is 0 Å². The van der Waals surface area contributed by atoms with E-state index >= 15 is 0 Å². The molecule has 0 saturated heterocycles. The molecule has 0 radical (unpaired) electrons. The molecule has 0 fully saturated rings. The van der Waals surface area contributed by atoms with Gasteiger partial charge in [0.05, 0.1) is 11.6 Å². The highest BCUT2D eigenvalue weighted by Crippen LogP contribution is 2.36. The summed E-state index contributed by atoms with van der Waals surface area (Å²) in [4.78, 5) is 32.4.